The molecule has 1 aliphatic heterocycles. The van der Waals surface area contributed by atoms with Gasteiger partial charge in [0.05, 0.1) is 10.6 Å². The number of nitro benzene ring substituents is 1. The zero-order valence-corrected chi connectivity index (χ0v) is 7.57. The average molecular weight is 191 g/mol. The van der Waals surface area contributed by atoms with Gasteiger partial charge in [0.15, 0.2) is 0 Å². The van der Waals surface area contributed by atoms with Crippen molar-refractivity contribution in [1.29, 1.82) is 0 Å². The molecule has 1 aromatic rings. The molecule has 0 saturated heterocycles. The summed E-state index contributed by atoms with van der Waals surface area (Å²) in [5.41, 5.74) is 2.19. The molecule has 5 heteroatoms. The first kappa shape index (κ1) is 8.55. The molecule has 1 aliphatic rings. The predicted molar refractivity (Wildman–Crippen MR) is 54.1 cm³/mol. The summed E-state index contributed by atoms with van der Waals surface area (Å²) in [7, 11) is 0. The normalized spacial score (nSPS) is 13.4. The number of hydrogen-bond donors (Lipinski definition) is 2. The van der Waals surface area contributed by atoms with Gasteiger partial charge in [-0.1, -0.05) is 6.07 Å². The van der Waals surface area contributed by atoms with E-state index in [1.165, 1.54) is 6.07 Å². The molecular formula is C9H9N3O2. The Hall–Kier alpha value is -2.04. The van der Waals surface area contributed by atoms with Gasteiger partial charge in [-0.2, -0.15) is 0 Å². The molecule has 0 radical (unpaired) electrons. The second-order valence-electron chi connectivity index (χ2n) is 3.05. The lowest BCUT2D eigenvalue weighted by molar-refractivity contribution is -0.383. The minimum Gasteiger partial charge on any atom is -0.358 e. The Balaban J connectivity index is 2.53. The first-order valence-corrected chi connectivity index (χ1v) is 4.16. The molecule has 2 N–H and O–H groups in total. The molecule has 0 saturated carbocycles. The second-order valence-corrected chi connectivity index (χ2v) is 3.05. The number of nitrogens with zero attached hydrogens (tertiary/aromatic N) is 1. The highest BCUT2D eigenvalue weighted by atomic mass is 16.6. The topological polar surface area (TPSA) is 67.2 Å². The molecule has 0 unspecified atom stereocenters. The minimum atomic E-state index is -0.397. The maximum Gasteiger partial charge on any atom is 0.294 e. The van der Waals surface area contributed by atoms with Gasteiger partial charge >= 0.3 is 0 Å². The standard InChI is InChI=1S/C9H9N3O2/c1-6-5-10-7-3-2-4-8(12(13)14)9(7)11-6/h2-5,10-11H,1H3. The first-order chi connectivity index (χ1) is 6.68. The Morgan fingerprint density at radius 2 is 2.21 bits per heavy atom. The van der Waals surface area contributed by atoms with E-state index in [9.17, 15) is 10.1 Å². The largest absolute Gasteiger partial charge is 0.358 e. The zero-order chi connectivity index (χ0) is 10.1. The van der Waals surface area contributed by atoms with Crippen molar-refractivity contribution in [3.8, 4) is 0 Å². The molecule has 0 aromatic heterocycles. The third-order valence-electron chi connectivity index (χ3n) is 2.01. The SMILES string of the molecule is CC1=CNc2cccc([N+](=O)[O-])c2N1. The van der Waals surface area contributed by atoms with Crippen LogP contribution in [-0.4, -0.2) is 4.92 Å². The summed E-state index contributed by atoms with van der Waals surface area (Å²) in [6, 6.07) is 4.92. The number of para-hydroxylation sites is 1. The van der Waals surface area contributed by atoms with Crippen molar-refractivity contribution in [3.05, 3.63) is 40.2 Å². The lowest BCUT2D eigenvalue weighted by Crippen LogP contribution is -2.09. The van der Waals surface area contributed by atoms with E-state index in [4.69, 9.17) is 0 Å². The van der Waals surface area contributed by atoms with Crippen LogP contribution in [0.15, 0.2) is 30.1 Å². The van der Waals surface area contributed by atoms with E-state index in [1.807, 2.05) is 6.92 Å². The van der Waals surface area contributed by atoms with Crippen LogP contribution in [0.1, 0.15) is 6.92 Å². The van der Waals surface area contributed by atoms with Gasteiger partial charge in [0.1, 0.15) is 5.69 Å². The summed E-state index contributed by atoms with van der Waals surface area (Å²) >= 11 is 0. The van der Waals surface area contributed by atoms with E-state index in [0.29, 0.717) is 5.69 Å². The summed E-state index contributed by atoms with van der Waals surface area (Å²) in [5, 5.41) is 16.6. The smallest absolute Gasteiger partial charge is 0.294 e. The van der Waals surface area contributed by atoms with Gasteiger partial charge < -0.3 is 10.6 Å². The van der Waals surface area contributed by atoms with Gasteiger partial charge in [-0.15, -0.1) is 0 Å². The van der Waals surface area contributed by atoms with Gasteiger partial charge in [0, 0.05) is 18.0 Å². The Morgan fingerprint density at radius 1 is 1.43 bits per heavy atom. The van der Waals surface area contributed by atoms with Crippen LogP contribution in [0.3, 0.4) is 0 Å². The summed E-state index contributed by atoms with van der Waals surface area (Å²) in [5.74, 6) is 0. The fourth-order valence-corrected chi connectivity index (χ4v) is 1.36. The fourth-order valence-electron chi connectivity index (χ4n) is 1.36. The van der Waals surface area contributed by atoms with Crippen LogP contribution in [0.4, 0.5) is 17.1 Å². The highest BCUT2D eigenvalue weighted by molar-refractivity contribution is 5.82. The van der Waals surface area contributed by atoms with Gasteiger partial charge in [0.25, 0.3) is 5.69 Å². The Morgan fingerprint density at radius 3 is 2.93 bits per heavy atom. The molecule has 1 aromatic carbocycles. The summed E-state index contributed by atoms with van der Waals surface area (Å²) in [6.07, 6.45) is 1.77. The molecule has 72 valence electrons. The molecule has 1 heterocycles. The summed E-state index contributed by atoms with van der Waals surface area (Å²) in [4.78, 5) is 10.3. The van der Waals surface area contributed by atoms with Crippen molar-refractivity contribution in [2.24, 2.45) is 0 Å². The van der Waals surface area contributed by atoms with Crippen LogP contribution in [-0.2, 0) is 0 Å². The number of hydrogen-bond acceptors (Lipinski definition) is 4. The molecule has 0 aliphatic carbocycles. The molecule has 0 amide bonds. The number of anilines is 2. The molecule has 0 fully saturated rings. The van der Waals surface area contributed by atoms with Crippen LogP contribution >= 0.6 is 0 Å². The van der Waals surface area contributed by atoms with Crippen molar-refractivity contribution >= 4 is 17.1 Å². The van der Waals surface area contributed by atoms with Gasteiger partial charge in [0.2, 0.25) is 0 Å². The minimum absolute atomic E-state index is 0.0856. The zero-order valence-electron chi connectivity index (χ0n) is 7.57. The fraction of sp³-hybridized carbons (Fsp3) is 0.111. The highest BCUT2D eigenvalue weighted by Crippen LogP contribution is 2.35. The number of allylic oxidation sites excluding steroid dienone is 1. The maximum absolute atomic E-state index is 10.7. The number of rotatable bonds is 1. The van der Waals surface area contributed by atoms with E-state index < -0.39 is 4.92 Å². The van der Waals surface area contributed by atoms with E-state index in [-0.39, 0.29) is 5.69 Å². The quantitative estimate of drug-likeness (QED) is 0.528. The van der Waals surface area contributed by atoms with Crippen molar-refractivity contribution < 1.29 is 4.92 Å². The lowest BCUT2D eigenvalue weighted by atomic mass is 10.2. The van der Waals surface area contributed by atoms with E-state index in [2.05, 4.69) is 10.6 Å². The molecule has 0 bridgehead atoms. The summed E-state index contributed by atoms with van der Waals surface area (Å²) in [6.45, 7) is 1.84. The molecule has 5 nitrogen and oxygen atoms in total. The van der Waals surface area contributed by atoms with Gasteiger partial charge in [-0.3, -0.25) is 10.1 Å². The molecule has 0 atom stereocenters. The maximum atomic E-state index is 10.7. The monoisotopic (exact) mass is 191 g/mol. The van der Waals surface area contributed by atoms with Crippen LogP contribution < -0.4 is 10.6 Å². The van der Waals surface area contributed by atoms with Gasteiger partial charge in [-0.25, -0.2) is 0 Å². The molecule has 14 heavy (non-hydrogen) atoms. The Labute approximate surface area is 80.6 Å². The number of nitrogens with one attached hydrogen (secondary N) is 2. The number of fused-ring (bicyclic) bond motifs is 1. The molecule has 2 rings (SSSR count). The van der Waals surface area contributed by atoms with Crippen molar-refractivity contribution in [2.45, 2.75) is 6.92 Å². The van der Waals surface area contributed by atoms with Crippen LogP contribution in [0.25, 0.3) is 0 Å². The molecular weight excluding hydrogens is 182 g/mol. The second kappa shape index (κ2) is 3.02. The van der Waals surface area contributed by atoms with Crippen molar-refractivity contribution in [1.82, 2.24) is 0 Å². The molecule has 0 spiro atoms. The Bertz CT molecular complexity index is 426. The summed E-state index contributed by atoms with van der Waals surface area (Å²) < 4.78 is 0. The van der Waals surface area contributed by atoms with Crippen LogP contribution in [0, 0.1) is 10.1 Å². The van der Waals surface area contributed by atoms with Crippen molar-refractivity contribution in [3.63, 3.8) is 0 Å². The first-order valence-electron chi connectivity index (χ1n) is 4.16. The van der Waals surface area contributed by atoms with E-state index in [1.54, 1.807) is 18.3 Å². The number of nitro groups is 1. The van der Waals surface area contributed by atoms with Crippen LogP contribution in [0.5, 0.6) is 0 Å². The van der Waals surface area contributed by atoms with Crippen LogP contribution in [0.2, 0.25) is 0 Å². The average Bonchev–Trinajstić information content (AvgIpc) is 2.16. The van der Waals surface area contributed by atoms with Crippen molar-refractivity contribution in [2.75, 3.05) is 10.6 Å². The Kier molecular flexibility index (Phi) is 1.85. The van der Waals surface area contributed by atoms with E-state index in [0.717, 1.165) is 11.4 Å². The number of benzene rings is 1. The third kappa shape index (κ3) is 1.28. The third-order valence-corrected chi connectivity index (χ3v) is 2.01. The lowest BCUT2D eigenvalue weighted by Gasteiger charge is -2.17. The van der Waals surface area contributed by atoms with Gasteiger partial charge in [-0.05, 0) is 13.0 Å². The predicted octanol–water partition coefficient (Wildman–Crippen LogP) is 2.29. The highest BCUT2D eigenvalue weighted by Gasteiger charge is 2.19. The van der Waals surface area contributed by atoms with E-state index >= 15 is 0 Å².